The van der Waals surface area contributed by atoms with Gasteiger partial charge in [0, 0.05) is 19.0 Å². The Balaban J connectivity index is 2.32. The van der Waals surface area contributed by atoms with Crippen LogP contribution in [0.4, 0.5) is 0 Å². The SMILES string of the molecule is COc1ccccc1-c1cc(CCC(=O)O)nn1C. The molecule has 0 amide bonds. The highest BCUT2D eigenvalue weighted by atomic mass is 16.5. The first-order valence-electron chi connectivity index (χ1n) is 6.00. The number of carbonyl (C=O) groups is 1. The van der Waals surface area contributed by atoms with Gasteiger partial charge in [-0.05, 0) is 18.2 Å². The summed E-state index contributed by atoms with van der Waals surface area (Å²) in [5.74, 6) is -0.0419. The molecular weight excluding hydrogens is 244 g/mol. The first-order valence-corrected chi connectivity index (χ1v) is 6.00. The van der Waals surface area contributed by atoms with Gasteiger partial charge >= 0.3 is 5.97 Å². The number of hydrogen-bond donors (Lipinski definition) is 1. The fourth-order valence-electron chi connectivity index (χ4n) is 1.99. The number of hydrogen-bond acceptors (Lipinski definition) is 3. The summed E-state index contributed by atoms with van der Waals surface area (Å²) >= 11 is 0. The minimum absolute atomic E-state index is 0.0857. The normalized spacial score (nSPS) is 10.4. The molecule has 0 spiro atoms. The van der Waals surface area contributed by atoms with Gasteiger partial charge in [-0.1, -0.05) is 12.1 Å². The smallest absolute Gasteiger partial charge is 0.303 e. The second-order valence-corrected chi connectivity index (χ2v) is 4.24. The highest BCUT2D eigenvalue weighted by Crippen LogP contribution is 2.29. The van der Waals surface area contributed by atoms with E-state index in [9.17, 15) is 4.79 Å². The van der Waals surface area contributed by atoms with Crippen LogP contribution in [-0.2, 0) is 18.3 Å². The first kappa shape index (κ1) is 13.1. The Hall–Kier alpha value is -2.30. The van der Waals surface area contributed by atoms with Gasteiger partial charge < -0.3 is 9.84 Å². The van der Waals surface area contributed by atoms with Crippen molar-refractivity contribution in [1.29, 1.82) is 0 Å². The van der Waals surface area contributed by atoms with Gasteiger partial charge in [0.15, 0.2) is 0 Å². The largest absolute Gasteiger partial charge is 0.496 e. The van der Waals surface area contributed by atoms with Gasteiger partial charge in [0.1, 0.15) is 5.75 Å². The standard InChI is InChI=1S/C14H16N2O3/c1-16-12(9-10(15-16)7-8-14(17)18)11-5-3-4-6-13(11)19-2/h3-6,9H,7-8H2,1-2H3,(H,17,18). The monoisotopic (exact) mass is 260 g/mol. The predicted octanol–water partition coefficient (Wildman–Crippen LogP) is 2.11. The Labute approximate surface area is 111 Å². The summed E-state index contributed by atoms with van der Waals surface area (Å²) in [5, 5.41) is 13.0. The zero-order valence-electron chi connectivity index (χ0n) is 11.0. The lowest BCUT2D eigenvalue weighted by Crippen LogP contribution is -1.99. The molecule has 1 heterocycles. The van der Waals surface area contributed by atoms with Crippen LogP contribution in [0.25, 0.3) is 11.3 Å². The van der Waals surface area contributed by atoms with Gasteiger partial charge in [-0.25, -0.2) is 0 Å². The van der Waals surface area contributed by atoms with Crippen LogP contribution in [-0.4, -0.2) is 28.0 Å². The number of rotatable bonds is 5. The maximum absolute atomic E-state index is 10.6. The Morgan fingerprint density at radius 1 is 1.42 bits per heavy atom. The minimum atomic E-state index is -0.815. The maximum Gasteiger partial charge on any atom is 0.303 e. The fourth-order valence-corrected chi connectivity index (χ4v) is 1.99. The van der Waals surface area contributed by atoms with Crippen molar-refractivity contribution in [2.75, 3.05) is 7.11 Å². The molecule has 19 heavy (non-hydrogen) atoms. The number of aromatic nitrogens is 2. The van der Waals surface area contributed by atoms with Crippen molar-refractivity contribution >= 4 is 5.97 Å². The molecule has 0 aliphatic heterocycles. The van der Waals surface area contributed by atoms with Crippen molar-refractivity contribution in [2.24, 2.45) is 7.05 Å². The lowest BCUT2D eigenvalue weighted by atomic mass is 10.1. The molecule has 0 aliphatic rings. The molecule has 0 saturated heterocycles. The van der Waals surface area contributed by atoms with E-state index in [-0.39, 0.29) is 6.42 Å². The van der Waals surface area contributed by atoms with Crippen molar-refractivity contribution in [3.05, 3.63) is 36.0 Å². The van der Waals surface area contributed by atoms with Gasteiger partial charge in [0.05, 0.1) is 24.9 Å². The van der Waals surface area contributed by atoms with E-state index < -0.39 is 5.97 Å². The van der Waals surface area contributed by atoms with Crippen molar-refractivity contribution in [1.82, 2.24) is 9.78 Å². The van der Waals surface area contributed by atoms with E-state index in [0.717, 1.165) is 22.7 Å². The molecular formula is C14H16N2O3. The van der Waals surface area contributed by atoms with Crippen LogP contribution in [0.5, 0.6) is 5.75 Å². The molecule has 0 atom stereocenters. The maximum atomic E-state index is 10.6. The van der Waals surface area contributed by atoms with E-state index in [2.05, 4.69) is 5.10 Å². The second-order valence-electron chi connectivity index (χ2n) is 4.24. The first-order chi connectivity index (χ1) is 9.11. The molecule has 0 aliphatic carbocycles. The average molecular weight is 260 g/mol. The van der Waals surface area contributed by atoms with Crippen LogP contribution >= 0.6 is 0 Å². The molecule has 0 bridgehead atoms. The van der Waals surface area contributed by atoms with Crippen LogP contribution in [0, 0.1) is 0 Å². The third-order valence-electron chi connectivity index (χ3n) is 2.91. The summed E-state index contributed by atoms with van der Waals surface area (Å²) in [4.78, 5) is 10.6. The quantitative estimate of drug-likeness (QED) is 0.894. The number of aliphatic carboxylic acids is 1. The van der Waals surface area contributed by atoms with E-state index >= 15 is 0 Å². The van der Waals surface area contributed by atoms with Gasteiger partial charge in [-0.15, -0.1) is 0 Å². The molecule has 5 heteroatoms. The van der Waals surface area contributed by atoms with Crippen molar-refractivity contribution in [3.63, 3.8) is 0 Å². The molecule has 0 saturated carbocycles. The average Bonchev–Trinajstić information content (AvgIpc) is 2.77. The van der Waals surface area contributed by atoms with Crippen molar-refractivity contribution in [2.45, 2.75) is 12.8 Å². The summed E-state index contributed by atoms with van der Waals surface area (Å²) < 4.78 is 7.07. The lowest BCUT2D eigenvalue weighted by molar-refractivity contribution is -0.136. The summed E-state index contributed by atoms with van der Waals surface area (Å²) in [5.41, 5.74) is 2.63. The van der Waals surface area contributed by atoms with Crippen LogP contribution in [0.15, 0.2) is 30.3 Å². The Morgan fingerprint density at radius 2 is 2.16 bits per heavy atom. The summed E-state index contributed by atoms with van der Waals surface area (Å²) in [7, 11) is 3.46. The molecule has 0 fully saturated rings. The predicted molar refractivity (Wildman–Crippen MR) is 71.2 cm³/mol. The zero-order valence-corrected chi connectivity index (χ0v) is 11.0. The van der Waals surface area contributed by atoms with Gasteiger partial charge in [0.25, 0.3) is 0 Å². The number of carboxylic acid groups (broad SMARTS) is 1. The number of para-hydroxylation sites is 1. The van der Waals surface area contributed by atoms with E-state index in [1.165, 1.54) is 0 Å². The summed E-state index contributed by atoms with van der Waals surface area (Å²) in [6, 6.07) is 9.59. The lowest BCUT2D eigenvalue weighted by Gasteiger charge is -2.07. The molecule has 1 aromatic heterocycles. The molecule has 2 aromatic rings. The summed E-state index contributed by atoms with van der Waals surface area (Å²) in [6.07, 6.45) is 0.515. The number of benzene rings is 1. The zero-order chi connectivity index (χ0) is 13.8. The number of ether oxygens (including phenoxy) is 1. The highest BCUT2D eigenvalue weighted by molar-refractivity contribution is 5.69. The third-order valence-corrected chi connectivity index (χ3v) is 2.91. The van der Waals surface area contributed by atoms with Gasteiger partial charge in [0.2, 0.25) is 0 Å². The number of methoxy groups -OCH3 is 1. The molecule has 0 unspecified atom stereocenters. The van der Waals surface area contributed by atoms with Crippen LogP contribution in [0.3, 0.4) is 0 Å². The third kappa shape index (κ3) is 2.93. The van der Waals surface area contributed by atoms with Crippen molar-refractivity contribution in [3.8, 4) is 17.0 Å². The highest BCUT2D eigenvalue weighted by Gasteiger charge is 2.12. The summed E-state index contributed by atoms with van der Waals surface area (Å²) in [6.45, 7) is 0. The van der Waals surface area contributed by atoms with Gasteiger partial charge in [-0.3, -0.25) is 9.48 Å². The molecule has 5 nitrogen and oxygen atoms in total. The molecule has 0 radical (unpaired) electrons. The minimum Gasteiger partial charge on any atom is -0.496 e. The van der Waals surface area contributed by atoms with E-state index in [0.29, 0.717) is 6.42 Å². The van der Waals surface area contributed by atoms with Gasteiger partial charge in [-0.2, -0.15) is 5.10 Å². The Kier molecular flexibility index (Phi) is 3.85. The Bertz CT molecular complexity index is 590. The van der Waals surface area contributed by atoms with Crippen molar-refractivity contribution < 1.29 is 14.6 Å². The molecule has 100 valence electrons. The van der Waals surface area contributed by atoms with Crippen LogP contribution in [0.1, 0.15) is 12.1 Å². The second kappa shape index (κ2) is 5.56. The molecule has 2 rings (SSSR count). The van der Waals surface area contributed by atoms with E-state index in [1.54, 1.807) is 11.8 Å². The van der Waals surface area contributed by atoms with Crippen LogP contribution in [0.2, 0.25) is 0 Å². The van der Waals surface area contributed by atoms with Crippen LogP contribution < -0.4 is 4.74 Å². The fraction of sp³-hybridized carbons (Fsp3) is 0.286. The number of aryl methyl sites for hydroxylation is 2. The Morgan fingerprint density at radius 3 is 2.84 bits per heavy atom. The van der Waals surface area contributed by atoms with E-state index in [1.807, 2.05) is 37.4 Å². The molecule has 1 N–H and O–H groups in total. The number of carboxylic acids is 1. The number of nitrogens with zero attached hydrogens (tertiary/aromatic N) is 2. The topological polar surface area (TPSA) is 64.3 Å². The molecule has 1 aromatic carbocycles. The van der Waals surface area contributed by atoms with E-state index in [4.69, 9.17) is 9.84 Å².